The van der Waals surface area contributed by atoms with E-state index in [9.17, 15) is 0 Å². The van der Waals surface area contributed by atoms with E-state index in [1.54, 1.807) is 5.30 Å². The van der Waals surface area contributed by atoms with E-state index in [4.69, 9.17) is 0 Å². The minimum Gasteiger partial charge on any atom is -0.244 e. The Morgan fingerprint density at radius 1 is 1.00 bits per heavy atom. The predicted molar refractivity (Wildman–Crippen MR) is 70.5 cm³/mol. The molecule has 0 bridgehead atoms. The van der Waals surface area contributed by atoms with Gasteiger partial charge in [0.05, 0.1) is 0 Å². The van der Waals surface area contributed by atoms with Crippen LogP contribution >= 0.6 is 15.9 Å². The highest BCUT2D eigenvalue weighted by Gasteiger charge is 2.13. The zero-order chi connectivity index (χ0) is 10.3. The van der Waals surface area contributed by atoms with E-state index < -0.39 is 0 Å². The van der Waals surface area contributed by atoms with Crippen molar-refractivity contribution in [2.75, 3.05) is 0 Å². The third-order valence-corrected chi connectivity index (χ3v) is 5.96. The summed E-state index contributed by atoms with van der Waals surface area (Å²) >= 11 is 0. The Bertz CT molecular complexity index is 249. The minimum atomic E-state index is 0.811. The smallest absolute Gasteiger partial charge is 0.0394 e. The standard InChI is InChI=1S/C12H21NP2/c1-2-4-6-8-11(9-7-5-3-1)12-10-13-15-14-12/h10-11,15H,1-9H2. The van der Waals surface area contributed by atoms with Crippen LogP contribution in [0.1, 0.15) is 69.0 Å². The summed E-state index contributed by atoms with van der Waals surface area (Å²) < 4.78 is 4.39. The molecule has 0 amide bonds. The van der Waals surface area contributed by atoms with Crippen LogP contribution in [0.4, 0.5) is 0 Å². The largest absolute Gasteiger partial charge is 0.244 e. The molecule has 0 aliphatic heterocycles. The van der Waals surface area contributed by atoms with Gasteiger partial charge in [-0.05, 0) is 34.7 Å². The fourth-order valence-corrected chi connectivity index (χ4v) is 4.96. The van der Waals surface area contributed by atoms with E-state index in [-0.39, 0.29) is 0 Å². The second kappa shape index (κ2) is 6.66. The molecule has 15 heavy (non-hydrogen) atoms. The average molecular weight is 241 g/mol. The van der Waals surface area contributed by atoms with Crippen molar-refractivity contribution >= 4 is 15.9 Å². The van der Waals surface area contributed by atoms with Gasteiger partial charge in [0.15, 0.2) is 0 Å². The third-order valence-electron chi connectivity index (χ3n) is 3.46. The summed E-state index contributed by atoms with van der Waals surface area (Å²) in [5.74, 6) is 0.878. The van der Waals surface area contributed by atoms with E-state index in [1.807, 2.05) is 0 Å². The Morgan fingerprint density at radius 3 is 2.13 bits per heavy atom. The van der Waals surface area contributed by atoms with Gasteiger partial charge in [0.25, 0.3) is 0 Å². The number of rotatable bonds is 1. The third kappa shape index (κ3) is 3.89. The van der Waals surface area contributed by atoms with Crippen LogP contribution in [-0.2, 0) is 0 Å². The van der Waals surface area contributed by atoms with Crippen LogP contribution in [-0.4, -0.2) is 4.75 Å². The molecule has 1 aliphatic carbocycles. The maximum Gasteiger partial charge on any atom is 0.0394 e. The summed E-state index contributed by atoms with van der Waals surface area (Å²) in [4.78, 5) is 0. The van der Waals surface area contributed by atoms with E-state index in [1.165, 1.54) is 65.7 Å². The Labute approximate surface area is 96.2 Å². The molecule has 0 radical (unpaired) electrons. The first-order valence-electron chi connectivity index (χ1n) is 6.32. The molecule has 1 atom stereocenters. The van der Waals surface area contributed by atoms with E-state index in [0.29, 0.717) is 0 Å². The molecule has 2 rings (SSSR count). The van der Waals surface area contributed by atoms with Crippen LogP contribution in [0.25, 0.3) is 0 Å². The molecule has 84 valence electrons. The van der Waals surface area contributed by atoms with E-state index in [2.05, 4.69) is 10.9 Å². The van der Waals surface area contributed by atoms with E-state index in [0.717, 1.165) is 13.9 Å². The highest BCUT2D eigenvalue weighted by molar-refractivity contribution is 7.89. The van der Waals surface area contributed by atoms with Crippen LogP contribution in [0.3, 0.4) is 0 Å². The molecule has 1 unspecified atom stereocenters. The Kier molecular flexibility index (Phi) is 5.16. The summed E-state index contributed by atoms with van der Waals surface area (Å²) in [5.41, 5.74) is 0. The molecule has 0 N–H and O–H groups in total. The zero-order valence-electron chi connectivity index (χ0n) is 9.41. The van der Waals surface area contributed by atoms with Gasteiger partial charge in [-0.1, -0.05) is 44.9 Å². The Morgan fingerprint density at radius 2 is 1.60 bits per heavy atom. The molecule has 1 saturated carbocycles. The van der Waals surface area contributed by atoms with Gasteiger partial charge in [0, 0.05) is 11.5 Å². The molecule has 1 aromatic heterocycles. The molecule has 0 spiro atoms. The second-order valence-corrected chi connectivity index (χ2v) is 7.11. The van der Waals surface area contributed by atoms with Gasteiger partial charge in [0.2, 0.25) is 0 Å². The predicted octanol–water partition coefficient (Wildman–Crippen LogP) is 5.30. The van der Waals surface area contributed by atoms with Gasteiger partial charge in [-0.15, -0.1) is 0 Å². The van der Waals surface area contributed by atoms with Gasteiger partial charge in [0.1, 0.15) is 0 Å². The highest BCUT2D eigenvalue weighted by atomic mass is 31.8. The lowest BCUT2D eigenvalue weighted by Gasteiger charge is -2.16. The summed E-state index contributed by atoms with van der Waals surface area (Å²) in [6, 6.07) is 0. The monoisotopic (exact) mass is 241 g/mol. The van der Waals surface area contributed by atoms with Crippen LogP contribution in [0.2, 0.25) is 0 Å². The van der Waals surface area contributed by atoms with Crippen molar-refractivity contribution in [1.29, 1.82) is 0 Å². The lowest BCUT2D eigenvalue weighted by Crippen LogP contribution is -1.98. The number of hydrogen-bond donors (Lipinski definition) is 0. The Balaban J connectivity index is 1.90. The second-order valence-electron chi connectivity index (χ2n) is 4.64. The Hall–Kier alpha value is 0.140. The molecule has 1 aliphatic rings. The number of nitrogens with zero attached hydrogens (tertiary/aromatic N) is 1. The van der Waals surface area contributed by atoms with Crippen molar-refractivity contribution in [2.24, 2.45) is 0 Å². The van der Waals surface area contributed by atoms with Crippen LogP contribution < -0.4 is 0 Å². The van der Waals surface area contributed by atoms with Crippen LogP contribution in [0.15, 0.2) is 6.20 Å². The molecule has 3 heteroatoms. The molecule has 1 heterocycles. The van der Waals surface area contributed by atoms with Gasteiger partial charge in [-0.2, -0.15) is 0 Å². The van der Waals surface area contributed by atoms with Crippen molar-refractivity contribution in [2.45, 2.75) is 63.7 Å². The SMILES string of the molecule is c1n[pH]pc1C1CCCCCCCCC1. The first-order valence-corrected chi connectivity index (χ1v) is 9.01. The maximum atomic E-state index is 4.39. The molecule has 1 nitrogen and oxygen atoms in total. The fourth-order valence-electron chi connectivity index (χ4n) is 2.51. The minimum absolute atomic E-state index is 0.811. The zero-order valence-corrected chi connectivity index (χ0v) is 11.3. The van der Waals surface area contributed by atoms with Gasteiger partial charge >= 0.3 is 0 Å². The lowest BCUT2D eigenvalue weighted by molar-refractivity contribution is 0.466. The number of aromatic nitrogens is 1. The van der Waals surface area contributed by atoms with Crippen LogP contribution in [0.5, 0.6) is 0 Å². The lowest BCUT2D eigenvalue weighted by atomic mass is 9.91. The summed E-state index contributed by atoms with van der Waals surface area (Å²) in [6.45, 7) is 0. The van der Waals surface area contributed by atoms with E-state index >= 15 is 0 Å². The molecule has 0 saturated heterocycles. The van der Waals surface area contributed by atoms with Crippen molar-refractivity contribution in [3.05, 3.63) is 11.5 Å². The van der Waals surface area contributed by atoms with Crippen molar-refractivity contribution < 1.29 is 0 Å². The number of hydrogen-bond acceptors (Lipinski definition) is 1. The molecular formula is C12H21NP2. The maximum absolute atomic E-state index is 4.39. The van der Waals surface area contributed by atoms with Gasteiger partial charge in [-0.25, -0.2) is 4.75 Å². The molecule has 1 fully saturated rings. The van der Waals surface area contributed by atoms with Gasteiger partial charge < -0.3 is 0 Å². The summed E-state index contributed by atoms with van der Waals surface area (Å²) in [5, 5.41) is 1.65. The topological polar surface area (TPSA) is 12.9 Å². The van der Waals surface area contributed by atoms with Crippen molar-refractivity contribution in [1.82, 2.24) is 4.75 Å². The summed E-state index contributed by atoms with van der Waals surface area (Å²) in [7, 11) is 2.33. The molecule has 0 aromatic carbocycles. The molecule has 1 aromatic rings. The van der Waals surface area contributed by atoms with Crippen molar-refractivity contribution in [3.8, 4) is 0 Å². The summed E-state index contributed by atoms with van der Waals surface area (Å²) in [6.07, 6.45) is 15.3. The van der Waals surface area contributed by atoms with Gasteiger partial charge in [-0.3, -0.25) is 0 Å². The average Bonchev–Trinajstić information content (AvgIpc) is 2.79. The molecular weight excluding hydrogens is 220 g/mol. The fraction of sp³-hybridized carbons (Fsp3) is 0.833. The normalized spacial score (nSPS) is 22.4. The first kappa shape index (κ1) is 11.6. The quantitative estimate of drug-likeness (QED) is 0.650. The highest BCUT2D eigenvalue weighted by Crippen LogP contribution is 2.37. The first-order chi connectivity index (χ1) is 7.47. The van der Waals surface area contributed by atoms with Crippen LogP contribution in [0, 0.1) is 0 Å². The van der Waals surface area contributed by atoms with Crippen molar-refractivity contribution in [3.63, 3.8) is 0 Å².